The van der Waals surface area contributed by atoms with Gasteiger partial charge in [-0.05, 0) is 58.4 Å². The summed E-state index contributed by atoms with van der Waals surface area (Å²) in [4.78, 5) is 14.4. The molecule has 0 saturated heterocycles. The van der Waals surface area contributed by atoms with Crippen LogP contribution < -0.4 is 10.1 Å². The molecule has 1 heterocycles. The van der Waals surface area contributed by atoms with Crippen molar-refractivity contribution >= 4 is 54.5 Å². The van der Waals surface area contributed by atoms with Crippen LogP contribution in [0.3, 0.4) is 0 Å². The molecule has 0 radical (unpaired) electrons. The monoisotopic (exact) mass is 500 g/mol. The SMILES string of the molecule is COc1c(Br)cc(Br)cc1C(=O)Nc1ccc2nn(-c3ccccc3)nc2c1. The van der Waals surface area contributed by atoms with Crippen LogP contribution in [-0.4, -0.2) is 28.0 Å². The van der Waals surface area contributed by atoms with E-state index < -0.39 is 0 Å². The summed E-state index contributed by atoms with van der Waals surface area (Å²) in [5.74, 6) is 0.186. The van der Waals surface area contributed by atoms with Crippen molar-refractivity contribution in [2.45, 2.75) is 0 Å². The molecular formula is C20H14Br2N4O2. The molecule has 0 spiro atoms. The van der Waals surface area contributed by atoms with Crippen LogP contribution in [0.15, 0.2) is 69.6 Å². The van der Waals surface area contributed by atoms with Gasteiger partial charge in [0.05, 0.1) is 22.8 Å². The van der Waals surface area contributed by atoms with E-state index in [0.717, 1.165) is 15.7 Å². The van der Waals surface area contributed by atoms with Gasteiger partial charge in [0.25, 0.3) is 5.91 Å². The number of anilines is 1. The fraction of sp³-hybridized carbons (Fsp3) is 0.0500. The van der Waals surface area contributed by atoms with E-state index in [4.69, 9.17) is 4.74 Å². The van der Waals surface area contributed by atoms with Gasteiger partial charge in [-0.2, -0.15) is 4.80 Å². The zero-order valence-electron chi connectivity index (χ0n) is 14.7. The molecule has 0 saturated carbocycles. The second-order valence-electron chi connectivity index (χ2n) is 5.95. The number of carbonyl (C=O) groups is 1. The number of methoxy groups -OCH3 is 1. The molecular weight excluding hydrogens is 488 g/mol. The third-order valence-electron chi connectivity index (χ3n) is 4.08. The van der Waals surface area contributed by atoms with Gasteiger partial charge < -0.3 is 10.1 Å². The van der Waals surface area contributed by atoms with E-state index in [0.29, 0.717) is 27.0 Å². The first kappa shape index (κ1) is 18.6. The number of para-hydroxylation sites is 1. The smallest absolute Gasteiger partial charge is 0.259 e. The highest BCUT2D eigenvalue weighted by molar-refractivity contribution is 9.11. The summed E-state index contributed by atoms with van der Waals surface area (Å²) < 4.78 is 6.82. The molecule has 1 amide bonds. The normalized spacial score (nSPS) is 10.8. The number of hydrogen-bond donors (Lipinski definition) is 1. The maximum absolute atomic E-state index is 12.8. The number of aromatic nitrogens is 3. The van der Waals surface area contributed by atoms with Crippen LogP contribution in [0.1, 0.15) is 10.4 Å². The number of rotatable bonds is 4. The number of halogens is 2. The van der Waals surface area contributed by atoms with Gasteiger partial charge in [-0.25, -0.2) is 0 Å². The Hall–Kier alpha value is -2.71. The Bertz CT molecular complexity index is 1180. The molecule has 4 rings (SSSR count). The van der Waals surface area contributed by atoms with Gasteiger partial charge in [0.2, 0.25) is 0 Å². The average Bonchev–Trinajstić information content (AvgIpc) is 3.11. The summed E-state index contributed by atoms with van der Waals surface area (Å²) >= 11 is 6.81. The molecule has 0 atom stereocenters. The van der Waals surface area contributed by atoms with Crippen LogP contribution in [0.25, 0.3) is 16.7 Å². The summed E-state index contributed by atoms with van der Waals surface area (Å²) in [6, 6.07) is 18.6. The highest BCUT2D eigenvalue weighted by Gasteiger charge is 2.17. The van der Waals surface area contributed by atoms with Crippen molar-refractivity contribution in [2.24, 2.45) is 0 Å². The Balaban J connectivity index is 1.64. The molecule has 0 aliphatic rings. The standard InChI is InChI=1S/C20H14Br2N4O2/c1-28-19-15(9-12(21)10-16(19)22)20(27)23-13-7-8-17-18(11-13)25-26(24-17)14-5-3-2-4-6-14/h2-11H,1H3,(H,23,27). The molecule has 1 N–H and O–H groups in total. The summed E-state index contributed by atoms with van der Waals surface area (Å²) in [5.41, 5.74) is 3.33. The molecule has 28 heavy (non-hydrogen) atoms. The number of carbonyl (C=O) groups excluding carboxylic acids is 1. The Morgan fingerprint density at radius 2 is 1.75 bits per heavy atom. The molecule has 0 bridgehead atoms. The summed E-state index contributed by atoms with van der Waals surface area (Å²) in [7, 11) is 1.53. The molecule has 140 valence electrons. The molecule has 0 aliphatic carbocycles. The number of ether oxygens (including phenoxy) is 1. The molecule has 8 heteroatoms. The first-order chi connectivity index (χ1) is 13.5. The van der Waals surface area contributed by atoms with Crippen LogP contribution >= 0.6 is 31.9 Å². The maximum Gasteiger partial charge on any atom is 0.259 e. The third kappa shape index (κ3) is 3.65. The van der Waals surface area contributed by atoms with Gasteiger partial charge in [-0.1, -0.05) is 34.1 Å². The van der Waals surface area contributed by atoms with Gasteiger partial charge in [-0.15, -0.1) is 10.2 Å². The van der Waals surface area contributed by atoms with Crippen molar-refractivity contribution in [3.05, 3.63) is 75.2 Å². The molecule has 0 aliphatic heterocycles. The van der Waals surface area contributed by atoms with E-state index in [1.54, 1.807) is 23.0 Å². The number of hydrogen-bond acceptors (Lipinski definition) is 4. The average molecular weight is 502 g/mol. The predicted molar refractivity (Wildman–Crippen MR) is 115 cm³/mol. The molecule has 0 fully saturated rings. The largest absolute Gasteiger partial charge is 0.495 e. The van der Waals surface area contributed by atoms with E-state index in [1.165, 1.54) is 7.11 Å². The Morgan fingerprint density at radius 3 is 2.50 bits per heavy atom. The number of fused-ring (bicyclic) bond motifs is 1. The summed E-state index contributed by atoms with van der Waals surface area (Å²) in [5, 5.41) is 11.9. The minimum absolute atomic E-state index is 0.284. The lowest BCUT2D eigenvalue weighted by Crippen LogP contribution is -2.13. The van der Waals surface area contributed by atoms with Crippen molar-refractivity contribution in [3.63, 3.8) is 0 Å². The highest BCUT2D eigenvalue weighted by Crippen LogP contribution is 2.33. The molecule has 3 aromatic carbocycles. The fourth-order valence-electron chi connectivity index (χ4n) is 2.80. The molecule has 4 aromatic rings. The van der Waals surface area contributed by atoms with Gasteiger partial charge >= 0.3 is 0 Å². The van der Waals surface area contributed by atoms with Crippen LogP contribution in [0.4, 0.5) is 5.69 Å². The lowest BCUT2D eigenvalue weighted by Gasteiger charge is -2.11. The van der Waals surface area contributed by atoms with Gasteiger partial charge in [0, 0.05) is 10.2 Å². The van der Waals surface area contributed by atoms with Gasteiger partial charge in [0.15, 0.2) is 0 Å². The minimum Gasteiger partial charge on any atom is -0.495 e. The lowest BCUT2D eigenvalue weighted by molar-refractivity contribution is 0.102. The number of amides is 1. The molecule has 6 nitrogen and oxygen atoms in total. The second-order valence-corrected chi connectivity index (χ2v) is 7.72. The fourth-order valence-corrected chi connectivity index (χ4v) is 4.19. The van der Waals surface area contributed by atoms with Crippen LogP contribution in [0.2, 0.25) is 0 Å². The van der Waals surface area contributed by atoms with Crippen molar-refractivity contribution in [1.29, 1.82) is 0 Å². The summed E-state index contributed by atoms with van der Waals surface area (Å²) in [6.45, 7) is 0. The Kier molecular flexibility index (Phi) is 5.15. The first-order valence-corrected chi connectivity index (χ1v) is 9.90. The van der Waals surface area contributed by atoms with Crippen molar-refractivity contribution < 1.29 is 9.53 Å². The zero-order chi connectivity index (χ0) is 19.7. The Morgan fingerprint density at radius 1 is 1.00 bits per heavy atom. The number of nitrogens with one attached hydrogen (secondary N) is 1. The quantitative estimate of drug-likeness (QED) is 0.417. The van der Waals surface area contributed by atoms with Crippen molar-refractivity contribution in [3.8, 4) is 11.4 Å². The van der Waals surface area contributed by atoms with Crippen LogP contribution in [-0.2, 0) is 0 Å². The van der Waals surface area contributed by atoms with E-state index >= 15 is 0 Å². The summed E-state index contributed by atoms with van der Waals surface area (Å²) in [6.07, 6.45) is 0. The zero-order valence-corrected chi connectivity index (χ0v) is 17.9. The molecule has 0 unspecified atom stereocenters. The topological polar surface area (TPSA) is 69.0 Å². The van der Waals surface area contributed by atoms with Crippen molar-refractivity contribution in [2.75, 3.05) is 12.4 Å². The first-order valence-electron chi connectivity index (χ1n) is 8.32. The maximum atomic E-state index is 12.8. The van der Waals surface area contributed by atoms with Gasteiger partial charge in [-0.3, -0.25) is 4.79 Å². The number of benzene rings is 3. The lowest BCUT2D eigenvalue weighted by atomic mass is 10.1. The molecule has 1 aromatic heterocycles. The van der Waals surface area contributed by atoms with Crippen molar-refractivity contribution in [1.82, 2.24) is 15.0 Å². The van der Waals surface area contributed by atoms with Gasteiger partial charge in [0.1, 0.15) is 16.8 Å². The minimum atomic E-state index is -0.284. The van der Waals surface area contributed by atoms with E-state index in [1.807, 2.05) is 42.5 Å². The van der Waals surface area contributed by atoms with E-state index in [2.05, 4.69) is 47.4 Å². The third-order valence-corrected chi connectivity index (χ3v) is 5.13. The number of nitrogens with zero attached hydrogens (tertiary/aromatic N) is 3. The van der Waals surface area contributed by atoms with Crippen LogP contribution in [0, 0.1) is 0 Å². The highest BCUT2D eigenvalue weighted by atomic mass is 79.9. The second kappa shape index (κ2) is 7.73. The van der Waals surface area contributed by atoms with E-state index in [-0.39, 0.29) is 5.91 Å². The van der Waals surface area contributed by atoms with Crippen LogP contribution in [0.5, 0.6) is 5.75 Å². The van der Waals surface area contributed by atoms with E-state index in [9.17, 15) is 4.79 Å². The Labute approximate surface area is 177 Å². The predicted octanol–water partition coefficient (Wildman–Crippen LogP) is 5.21.